The van der Waals surface area contributed by atoms with E-state index in [1.807, 2.05) is 14.1 Å². The summed E-state index contributed by atoms with van der Waals surface area (Å²) >= 11 is 0. The summed E-state index contributed by atoms with van der Waals surface area (Å²) in [5.74, 6) is 0.545. The van der Waals surface area contributed by atoms with Crippen molar-refractivity contribution in [3.63, 3.8) is 0 Å². The average Bonchev–Trinajstić information content (AvgIpc) is 2.26. The van der Waals surface area contributed by atoms with Gasteiger partial charge in [-0.3, -0.25) is 10.1 Å². The first-order valence-corrected chi connectivity index (χ1v) is 6.21. The molecule has 1 heterocycles. The fraction of sp³-hybridized carbons (Fsp3) is 0.615. The molecule has 0 spiro atoms. The lowest BCUT2D eigenvalue weighted by molar-refractivity contribution is -0.385. The van der Waals surface area contributed by atoms with Crippen LogP contribution in [0.3, 0.4) is 0 Å². The molecule has 0 saturated heterocycles. The summed E-state index contributed by atoms with van der Waals surface area (Å²) in [5.41, 5.74) is 0.733. The Morgan fingerprint density at radius 2 is 2.11 bits per heavy atom. The van der Waals surface area contributed by atoms with E-state index in [1.54, 1.807) is 6.92 Å². The number of nitrogens with zero attached hydrogens (tertiary/aromatic N) is 3. The Labute approximate surface area is 114 Å². The maximum atomic E-state index is 10.9. The summed E-state index contributed by atoms with van der Waals surface area (Å²) < 4.78 is 0. The zero-order valence-corrected chi connectivity index (χ0v) is 12.2. The van der Waals surface area contributed by atoms with Crippen LogP contribution in [0, 0.1) is 22.5 Å². The summed E-state index contributed by atoms with van der Waals surface area (Å²) in [4.78, 5) is 16.8. The minimum Gasteiger partial charge on any atom is -0.369 e. The zero-order chi connectivity index (χ0) is 14.6. The van der Waals surface area contributed by atoms with Crippen LogP contribution in [0.25, 0.3) is 0 Å². The normalized spacial score (nSPS) is 11.7. The predicted molar refractivity (Wildman–Crippen MR) is 76.5 cm³/mol. The third kappa shape index (κ3) is 4.82. The maximum Gasteiger partial charge on any atom is 0.277 e. The second-order valence-corrected chi connectivity index (χ2v) is 5.87. The van der Waals surface area contributed by atoms with E-state index < -0.39 is 0 Å². The lowest BCUT2D eigenvalue weighted by atomic mass is 9.93. The molecule has 0 unspecified atom stereocenters. The second-order valence-electron chi connectivity index (χ2n) is 5.87. The number of hydrogen-bond acceptors (Lipinski definition) is 5. The van der Waals surface area contributed by atoms with Gasteiger partial charge in [-0.1, -0.05) is 13.8 Å². The lowest BCUT2D eigenvalue weighted by Crippen LogP contribution is -2.34. The van der Waals surface area contributed by atoms with Crippen LogP contribution in [0.4, 0.5) is 11.5 Å². The van der Waals surface area contributed by atoms with Gasteiger partial charge in [-0.05, 0) is 26.4 Å². The minimum absolute atomic E-state index is 0.0604. The van der Waals surface area contributed by atoms with E-state index in [9.17, 15) is 10.1 Å². The summed E-state index contributed by atoms with van der Waals surface area (Å²) in [6.07, 6.45) is 1.53. The van der Waals surface area contributed by atoms with Crippen LogP contribution < -0.4 is 5.32 Å². The van der Waals surface area contributed by atoms with E-state index in [-0.39, 0.29) is 16.0 Å². The van der Waals surface area contributed by atoms with Crippen LogP contribution in [0.5, 0.6) is 0 Å². The molecule has 0 aliphatic rings. The van der Waals surface area contributed by atoms with Crippen LogP contribution in [0.15, 0.2) is 12.3 Å². The van der Waals surface area contributed by atoms with Crippen molar-refractivity contribution in [3.8, 4) is 0 Å². The van der Waals surface area contributed by atoms with Crippen molar-refractivity contribution >= 4 is 11.5 Å². The highest BCUT2D eigenvalue weighted by Crippen LogP contribution is 2.22. The van der Waals surface area contributed by atoms with Gasteiger partial charge in [0.1, 0.15) is 5.82 Å². The molecule has 0 radical (unpaired) electrons. The van der Waals surface area contributed by atoms with Crippen molar-refractivity contribution in [2.75, 3.05) is 32.5 Å². The fourth-order valence-electron chi connectivity index (χ4n) is 2.05. The van der Waals surface area contributed by atoms with Crippen LogP contribution in [-0.4, -0.2) is 42.0 Å². The van der Waals surface area contributed by atoms with Crippen LogP contribution in [-0.2, 0) is 0 Å². The molecule has 0 aromatic carbocycles. The van der Waals surface area contributed by atoms with E-state index in [4.69, 9.17) is 0 Å². The number of nitro groups is 1. The average molecular weight is 266 g/mol. The van der Waals surface area contributed by atoms with Crippen LogP contribution >= 0.6 is 0 Å². The van der Waals surface area contributed by atoms with Crippen molar-refractivity contribution in [3.05, 3.63) is 27.9 Å². The number of pyridine rings is 1. The third-order valence-corrected chi connectivity index (χ3v) is 2.76. The number of rotatable bonds is 6. The van der Waals surface area contributed by atoms with Gasteiger partial charge in [0.05, 0.1) is 11.0 Å². The molecule has 0 fully saturated rings. The molecule has 1 rings (SSSR count). The minimum atomic E-state index is -0.382. The molecule has 6 heteroatoms. The smallest absolute Gasteiger partial charge is 0.277 e. The summed E-state index contributed by atoms with van der Waals surface area (Å²) in [7, 11) is 4.05. The summed E-state index contributed by atoms with van der Waals surface area (Å²) in [6, 6.07) is 1.49. The lowest BCUT2D eigenvalue weighted by Gasteiger charge is -2.28. The van der Waals surface area contributed by atoms with Gasteiger partial charge < -0.3 is 10.2 Å². The maximum absolute atomic E-state index is 10.9. The first-order chi connectivity index (χ1) is 8.71. The molecule has 19 heavy (non-hydrogen) atoms. The quantitative estimate of drug-likeness (QED) is 0.632. The van der Waals surface area contributed by atoms with Crippen molar-refractivity contribution in [1.29, 1.82) is 0 Å². The molecular formula is C13H22N4O2. The van der Waals surface area contributed by atoms with Gasteiger partial charge in [0.25, 0.3) is 5.69 Å². The van der Waals surface area contributed by atoms with Gasteiger partial charge in [-0.2, -0.15) is 0 Å². The van der Waals surface area contributed by atoms with Crippen LogP contribution in [0.1, 0.15) is 19.4 Å². The van der Waals surface area contributed by atoms with E-state index in [0.29, 0.717) is 17.9 Å². The Morgan fingerprint density at radius 1 is 1.47 bits per heavy atom. The van der Waals surface area contributed by atoms with Crippen molar-refractivity contribution < 1.29 is 4.92 Å². The topological polar surface area (TPSA) is 71.3 Å². The van der Waals surface area contributed by atoms with E-state index in [2.05, 4.69) is 29.0 Å². The molecular weight excluding hydrogens is 244 g/mol. The molecule has 0 bridgehead atoms. The number of nitrogens with one attached hydrogen (secondary N) is 1. The van der Waals surface area contributed by atoms with Crippen molar-refractivity contribution in [2.45, 2.75) is 20.8 Å². The zero-order valence-electron chi connectivity index (χ0n) is 12.2. The molecule has 1 aromatic rings. The molecule has 106 valence electrons. The highest BCUT2D eigenvalue weighted by Gasteiger charge is 2.19. The molecule has 0 aliphatic heterocycles. The van der Waals surface area contributed by atoms with Gasteiger partial charge in [-0.15, -0.1) is 0 Å². The van der Waals surface area contributed by atoms with Gasteiger partial charge >= 0.3 is 0 Å². The molecule has 0 aliphatic carbocycles. The number of aromatic nitrogens is 1. The number of aryl methyl sites for hydroxylation is 1. The predicted octanol–water partition coefficient (Wildman–Crippen LogP) is 2.30. The highest BCUT2D eigenvalue weighted by atomic mass is 16.6. The molecule has 6 nitrogen and oxygen atoms in total. The van der Waals surface area contributed by atoms with Crippen molar-refractivity contribution in [1.82, 2.24) is 9.88 Å². The monoisotopic (exact) mass is 266 g/mol. The second kappa shape index (κ2) is 5.97. The molecule has 0 amide bonds. The highest BCUT2D eigenvalue weighted by molar-refractivity contribution is 5.48. The van der Waals surface area contributed by atoms with Gasteiger partial charge in [0.15, 0.2) is 0 Å². The first-order valence-electron chi connectivity index (χ1n) is 6.21. The summed E-state index contributed by atoms with van der Waals surface area (Å²) in [6.45, 7) is 7.60. The largest absolute Gasteiger partial charge is 0.369 e. The Hall–Kier alpha value is -1.69. The van der Waals surface area contributed by atoms with Gasteiger partial charge in [0, 0.05) is 24.8 Å². The van der Waals surface area contributed by atoms with E-state index in [1.165, 1.54) is 12.3 Å². The molecule has 0 atom stereocenters. The fourth-order valence-corrected chi connectivity index (χ4v) is 2.05. The molecule has 0 saturated carbocycles. The standard InChI is InChI=1S/C13H22N4O2/c1-10-7-14-12(6-11(10)17(18)19)15-8-13(2,3)9-16(4)5/h6-7H,8-9H2,1-5H3,(H,14,15). The Kier molecular flexibility index (Phi) is 4.83. The Bertz CT molecular complexity index is 458. The molecule has 1 N–H and O–H groups in total. The van der Waals surface area contributed by atoms with Gasteiger partial charge in [0.2, 0.25) is 0 Å². The van der Waals surface area contributed by atoms with E-state index >= 15 is 0 Å². The SMILES string of the molecule is Cc1cnc(NCC(C)(C)CN(C)C)cc1[N+](=O)[O-]. The third-order valence-electron chi connectivity index (χ3n) is 2.76. The Morgan fingerprint density at radius 3 is 2.63 bits per heavy atom. The van der Waals surface area contributed by atoms with Crippen molar-refractivity contribution in [2.24, 2.45) is 5.41 Å². The Balaban J connectivity index is 2.73. The van der Waals surface area contributed by atoms with Gasteiger partial charge in [-0.25, -0.2) is 4.98 Å². The number of anilines is 1. The van der Waals surface area contributed by atoms with E-state index in [0.717, 1.165) is 6.54 Å². The molecule has 1 aromatic heterocycles. The summed E-state index contributed by atoms with van der Waals surface area (Å²) in [5, 5.41) is 14.0. The first kappa shape index (κ1) is 15.4. The number of hydrogen-bond donors (Lipinski definition) is 1. The van der Waals surface area contributed by atoms with Crippen LogP contribution in [0.2, 0.25) is 0 Å².